The summed E-state index contributed by atoms with van der Waals surface area (Å²) in [4.78, 5) is 50.3. The van der Waals surface area contributed by atoms with Crippen LogP contribution in [0.1, 0.15) is 38.3 Å². The number of anilines is 2. The van der Waals surface area contributed by atoms with Gasteiger partial charge in [-0.15, -0.1) is 0 Å². The number of aromatic nitrogens is 2. The van der Waals surface area contributed by atoms with E-state index in [4.69, 9.17) is 0 Å². The summed E-state index contributed by atoms with van der Waals surface area (Å²) in [6.07, 6.45) is -0.667. The quantitative estimate of drug-likeness (QED) is 0.511. The van der Waals surface area contributed by atoms with Gasteiger partial charge in [0.15, 0.2) is 0 Å². The molecule has 0 aliphatic carbocycles. The second-order valence-electron chi connectivity index (χ2n) is 8.19. The van der Waals surface area contributed by atoms with Crippen LogP contribution in [-0.4, -0.2) is 39.1 Å². The van der Waals surface area contributed by atoms with Gasteiger partial charge in [0.1, 0.15) is 18.5 Å². The van der Waals surface area contributed by atoms with Gasteiger partial charge in [0.05, 0.1) is 22.3 Å². The van der Waals surface area contributed by atoms with E-state index in [0.717, 1.165) is 16.9 Å². The van der Waals surface area contributed by atoms with Crippen molar-refractivity contribution in [1.29, 1.82) is 0 Å². The van der Waals surface area contributed by atoms with Crippen molar-refractivity contribution in [1.82, 2.24) is 14.9 Å². The van der Waals surface area contributed by atoms with Crippen molar-refractivity contribution in [3.05, 3.63) is 89.2 Å². The van der Waals surface area contributed by atoms with E-state index in [2.05, 4.69) is 15.3 Å². The third-order valence-corrected chi connectivity index (χ3v) is 6.08. The van der Waals surface area contributed by atoms with Gasteiger partial charge in [-0.3, -0.25) is 19.3 Å². The summed E-state index contributed by atoms with van der Waals surface area (Å²) in [6, 6.07) is 19.6. The molecule has 2 aliphatic heterocycles. The lowest BCUT2D eigenvalue weighted by Gasteiger charge is -2.40. The van der Waals surface area contributed by atoms with Crippen molar-refractivity contribution >= 4 is 40.1 Å². The lowest BCUT2D eigenvalue weighted by atomic mass is 10.0. The number of H-pyrrole nitrogens is 1. The van der Waals surface area contributed by atoms with Gasteiger partial charge in [0.2, 0.25) is 5.91 Å². The monoisotopic (exact) mass is 437 g/mol. The topological polar surface area (TPSA) is 98.4 Å². The minimum absolute atomic E-state index is 0.180. The SMILES string of the molecule is Cc1nc2ccc(NC(=O)CN3C(=O)c4ccccc4N4C(=O)c5ccccc5[C@H]34)cc2[nH]1. The Balaban J connectivity index is 1.35. The number of nitrogens with one attached hydrogen (secondary N) is 2. The Kier molecular flexibility index (Phi) is 4.10. The molecule has 8 heteroatoms. The molecule has 0 unspecified atom stereocenters. The minimum atomic E-state index is -0.667. The van der Waals surface area contributed by atoms with Gasteiger partial charge in [0.25, 0.3) is 11.8 Å². The summed E-state index contributed by atoms with van der Waals surface area (Å²) in [6.45, 7) is 1.67. The number of nitrogens with zero attached hydrogens (tertiary/aromatic N) is 3. The molecule has 162 valence electrons. The number of fused-ring (bicyclic) bond motifs is 6. The van der Waals surface area contributed by atoms with E-state index in [1.807, 2.05) is 25.1 Å². The van der Waals surface area contributed by atoms with Crippen LogP contribution in [-0.2, 0) is 4.79 Å². The second-order valence-corrected chi connectivity index (χ2v) is 8.19. The molecule has 0 fully saturated rings. The fraction of sp³-hybridized carbons (Fsp3) is 0.120. The Morgan fingerprint density at radius 2 is 1.76 bits per heavy atom. The van der Waals surface area contributed by atoms with Crippen LogP contribution in [0.15, 0.2) is 66.7 Å². The van der Waals surface area contributed by atoms with Crippen molar-refractivity contribution in [2.75, 3.05) is 16.8 Å². The van der Waals surface area contributed by atoms with Crippen LogP contribution in [0.5, 0.6) is 0 Å². The van der Waals surface area contributed by atoms with Crippen LogP contribution in [0.3, 0.4) is 0 Å². The number of aromatic amines is 1. The smallest absolute Gasteiger partial charge is 0.260 e. The maximum absolute atomic E-state index is 13.4. The molecule has 0 radical (unpaired) electrons. The van der Waals surface area contributed by atoms with Crippen LogP contribution in [0, 0.1) is 6.92 Å². The standard InChI is InChI=1S/C25H19N5O3/c1-14-26-19-11-10-15(12-20(19)27-14)28-22(31)13-29-23-16-6-2-3-7-17(16)25(33)30(23)21-9-5-4-8-18(21)24(29)32/h2-12,23H,13H2,1H3,(H,26,27)(H,28,31)/t23-/m1/s1. The van der Waals surface area contributed by atoms with Gasteiger partial charge in [-0.2, -0.15) is 0 Å². The summed E-state index contributed by atoms with van der Waals surface area (Å²) >= 11 is 0. The van der Waals surface area contributed by atoms with Crippen LogP contribution >= 0.6 is 0 Å². The van der Waals surface area contributed by atoms with Gasteiger partial charge >= 0.3 is 0 Å². The van der Waals surface area contributed by atoms with Gasteiger partial charge in [0, 0.05) is 16.8 Å². The molecule has 3 heterocycles. The van der Waals surface area contributed by atoms with E-state index in [1.54, 1.807) is 53.4 Å². The molecule has 33 heavy (non-hydrogen) atoms. The van der Waals surface area contributed by atoms with Crippen LogP contribution < -0.4 is 10.2 Å². The Labute approximate surface area is 188 Å². The number of aryl methyl sites for hydroxylation is 1. The summed E-state index contributed by atoms with van der Waals surface area (Å²) in [7, 11) is 0. The number of carbonyl (C=O) groups is 3. The van der Waals surface area contributed by atoms with E-state index < -0.39 is 6.17 Å². The summed E-state index contributed by atoms with van der Waals surface area (Å²) in [5.41, 5.74) is 4.44. The fourth-order valence-electron chi connectivity index (χ4n) is 4.70. The van der Waals surface area contributed by atoms with Crippen molar-refractivity contribution in [3.63, 3.8) is 0 Å². The van der Waals surface area contributed by atoms with E-state index in [9.17, 15) is 14.4 Å². The molecular weight excluding hydrogens is 418 g/mol. The Morgan fingerprint density at radius 3 is 2.61 bits per heavy atom. The maximum atomic E-state index is 13.4. The average Bonchev–Trinajstić information content (AvgIpc) is 3.33. The molecule has 2 aliphatic rings. The number of imidazole rings is 1. The summed E-state index contributed by atoms with van der Waals surface area (Å²) < 4.78 is 0. The van der Waals surface area contributed by atoms with Crippen LogP contribution in [0.4, 0.5) is 11.4 Å². The fourth-order valence-corrected chi connectivity index (χ4v) is 4.70. The van der Waals surface area contributed by atoms with E-state index in [0.29, 0.717) is 28.1 Å². The third-order valence-electron chi connectivity index (χ3n) is 6.08. The number of amides is 3. The van der Waals surface area contributed by atoms with Gasteiger partial charge in [-0.05, 0) is 43.3 Å². The highest BCUT2D eigenvalue weighted by Gasteiger charge is 2.48. The number of carbonyl (C=O) groups excluding carboxylic acids is 3. The van der Waals surface area contributed by atoms with Gasteiger partial charge < -0.3 is 15.2 Å². The Bertz CT molecular complexity index is 1470. The van der Waals surface area contributed by atoms with E-state index >= 15 is 0 Å². The largest absolute Gasteiger partial charge is 0.342 e. The van der Waals surface area contributed by atoms with E-state index in [-0.39, 0.29) is 24.3 Å². The number of hydrogen-bond acceptors (Lipinski definition) is 4. The predicted octanol–water partition coefficient (Wildman–Crippen LogP) is 3.62. The molecule has 8 nitrogen and oxygen atoms in total. The zero-order chi connectivity index (χ0) is 22.7. The first-order valence-corrected chi connectivity index (χ1v) is 10.6. The lowest BCUT2D eigenvalue weighted by Crippen LogP contribution is -2.50. The molecule has 0 saturated heterocycles. The zero-order valence-corrected chi connectivity index (χ0v) is 17.7. The normalized spacial score (nSPS) is 16.6. The van der Waals surface area contributed by atoms with Crippen LogP contribution in [0.25, 0.3) is 11.0 Å². The molecule has 0 saturated carbocycles. The second kappa shape index (κ2) is 7.03. The van der Waals surface area contributed by atoms with Crippen LogP contribution in [0.2, 0.25) is 0 Å². The van der Waals surface area contributed by atoms with Gasteiger partial charge in [-0.25, -0.2) is 4.98 Å². The minimum Gasteiger partial charge on any atom is -0.342 e. The zero-order valence-electron chi connectivity index (χ0n) is 17.7. The summed E-state index contributed by atoms with van der Waals surface area (Å²) in [5, 5.41) is 2.87. The molecule has 0 spiro atoms. The molecule has 4 aromatic rings. The molecular formula is C25H19N5O3. The third kappa shape index (κ3) is 2.91. The van der Waals surface area contributed by atoms with Crippen molar-refractivity contribution in [2.45, 2.75) is 13.1 Å². The van der Waals surface area contributed by atoms with Crippen molar-refractivity contribution < 1.29 is 14.4 Å². The number of rotatable bonds is 3. The molecule has 1 aromatic heterocycles. The first kappa shape index (κ1) is 19.2. The highest BCUT2D eigenvalue weighted by atomic mass is 16.2. The highest BCUT2D eigenvalue weighted by molar-refractivity contribution is 6.17. The van der Waals surface area contributed by atoms with Gasteiger partial charge in [-0.1, -0.05) is 30.3 Å². The van der Waals surface area contributed by atoms with Crippen molar-refractivity contribution in [3.8, 4) is 0 Å². The molecule has 3 aromatic carbocycles. The molecule has 2 N–H and O–H groups in total. The summed E-state index contributed by atoms with van der Waals surface area (Å²) in [5.74, 6) is -0.0296. The molecule has 6 rings (SSSR count). The number of hydrogen-bond donors (Lipinski definition) is 2. The highest BCUT2D eigenvalue weighted by Crippen LogP contribution is 2.44. The predicted molar refractivity (Wildman–Crippen MR) is 123 cm³/mol. The Hall–Kier alpha value is -4.46. The maximum Gasteiger partial charge on any atom is 0.260 e. The lowest BCUT2D eigenvalue weighted by molar-refractivity contribution is -0.117. The average molecular weight is 437 g/mol. The first-order valence-electron chi connectivity index (χ1n) is 10.6. The molecule has 3 amide bonds. The number of benzene rings is 3. The van der Waals surface area contributed by atoms with E-state index in [1.165, 1.54) is 4.90 Å². The van der Waals surface area contributed by atoms with Crippen molar-refractivity contribution in [2.24, 2.45) is 0 Å². The molecule has 1 atom stereocenters. The number of para-hydroxylation sites is 1. The Morgan fingerprint density at radius 1 is 1.00 bits per heavy atom. The first-order chi connectivity index (χ1) is 16.0. The molecule has 0 bridgehead atoms.